The summed E-state index contributed by atoms with van der Waals surface area (Å²) in [5, 5.41) is 0. The molecule has 0 bridgehead atoms. The highest BCUT2D eigenvalue weighted by atomic mass is 16.5. The van der Waals surface area contributed by atoms with E-state index in [0.717, 1.165) is 32.5 Å². The SMILES string of the molecule is CCC1CN(C)CCCN1c1nc(C(=O)OC)ccc1N. The predicted octanol–water partition coefficient (Wildman–Crippen LogP) is 1.37. The van der Waals surface area contributed by atoms with Gasteiger partial charge in [-0.05, 0) is 38.6 Å². The van der Waals surface area contributed by atoms with E-state index in [9.17, 15) is 4.79 Å². The van der Waals surface area contributed by atoms with E-state index in [1.165, 1.54) is 7.11 Å². The van der Waals surface area contributed by atoms with Gasteiger partial charge in [-0.1, -0.05) is 6.92 Å². The Labute approximate surface area is 125 Å². The highest BCUT2D eigenvalue weighted by Gasteiger charge is 2.25. The number of likely N-dealkylation sites (N-methyl/N-ethyl adjacent to an activating group) is 1. The molecular formula is C15H24N4O2. The van der Waals surface area contributed by atoms with E-state index in [4.69, 9.17) is 10.5 Å². The number of carbonyl (C=O) groups excluding carboxylic acids is 1. The van der Waals surface area contributed by atoms with Gasteiger partial charge in [0, 0.05) is 19.1 Å². The van der Waals surface area contributed by atoms with E-state index in [1.807, 2.05) is 0 Å². The summed E-state index contributed by atoms with van der Waals surface area (Å²) in [6, 6.07) is 3.69. The Balaban J connectivity index is 2.35. The average molecular weight is 292 g/mol. The number of ether oxygens (including phenoxy) is 1. The first-order valence-corrected chi connectivity index (χ1v) is 7.36. The third-order valence-electron chi connectivity index (χ3n) is 3.95. The molecule has 0 radical (unpaired) electrons. The van der Waals surface area contributed by atoms with Gasteiger partial charge in [-0.2, -0.15) is 0 Å². The second-order valence-corrected chi connectivity index (χ2v) is 5.47. The van der Waals surface area contributed by atoms with Crippen LogP contribution in [0.1, 0.15) is 30.3 Å². The van der Waals surface area contributed by atoms with E-state index in [-0.39, 0.29) is 0 Å². The van der Waals surface area contributed by atoms with Crippen molar-refractivity contribution in [2.75, 3.05) is 44.4 Å². The molecule has 1 fully saturated rings. The maximum absolute atomic E-state index is 11.7. The minimum absolute atomic E-state index is 0.300. The van der Waals surface area contributed by atoms with Crippen LogP contribution >= 0.6 is 0 Å². The monoisotopic (exact) mass is 292 g/mol. The fourth-order valence-corrected chi connectivity index (χ4v) is 2.78. The third kappa shape index (κ3) is 3.44. The molecular weight excluding hydrogens is 268 g/mol. The third-order valence-corrected chi connectivity index (χ3v) is 3.95. The summed E-state index contributed by atoms with van der Waals surface area (Å²) in [6.45, 7) is 5.09. The van der Waals surface area contributed by atoms with E-state index in [2.05, 4.69) is 28.8 Å². The van der Waals surface area contributed by atoms with Gasteiger partial charge >= 0.3 is 5.97 Å². The highest BCUT2D eigenvalue weighted by Crippen LogP contribution is 2.26. The van der Waals surface area contributed by atoms with Gasteiger partial charge < -0.3 is 20.3 Å². The molecule has 21 heavy (non-hydrogen) atoms. The van der Waals surface area contributed by atoms with Crippen molar-refractivity contribution in [3.05, 3.63) is 17.8 Å². The highest BCUT2D eigenvalue weighted by molar-refractivity contribution is 5.88. The fraction of sp³-hybridized carbons (Fsp3) is 0.600. The van der Waals surface area contributed by atoms with Crippen LogP contribution in [0.15, 0.2) is 12.1 Å². The molecule has 0 aliphatic carbocycles. The molecule has 2 heterocycles. The van der Waals surface area contributed by atoms with Crippen LogP contribution in [0, 0.1) is 0 Å². The van der Waals surface area contributed by atoms with Crippen molar-refractivity contribution >= 4 is 17.5 Å². The van der Waals surface area contributed by atoms with Crippen LogP contribution in [0.3, 0.4) is 0 Å². The largest absolute Gasteiger partial charge is 0.464 e. The zero-order valence-electron chi connectivity index (χ0n) is 13.0. The lowest BCUT2D eigenvalue weighted by atomic mass is 10.1. The quantitative estimate of drug-likeness (QED) is 0.848. The summed E-state index contributed by atoms with van der Waals surface area (Å²) in [5.41, 5.74) is 7.00. The number of esters is 1. The number of hydrogen-bond donors (Lipinski definition) is 1. The van der Waals surface area contributed by atoms with Crippen molar-refractivity contribution in [1.29, 1.82) is 0 Å². The van der Waals surface area contributed by atoms with Gasteiger partial charge in [-0.25, -0.2) is 9.78 Å². The minimum atomic E-state index is -0.434. The van der Waals surface area contributed by atoms with Crippen LogP contribution in [0.2, 0.25) is 0 Å². The van der Waals surface area contributed by atoms with Crippen LogP contribution in [-0.4, -0.2) is 55.7 Å². The molecule has 1 unspecified atom stereocenters. The molecule has 0 aromatic carbocycles. The molecule has 0 spiro atoms. The number of nitrogens with two attached hydrogens (primary N) is 1. The first-order chi connectivity index (χ1) is 10.1. The number of pyridine rings is 1. The van der Waals surface area contributed by atoms with Crippen molar-refractivity contribution in [3.8, 4) is 0 Å². The molecule has 1 atom stereocenters. The Morgan fingerprint density at radius 1 is 1.48 bits per heavy atom. The van der Waals surface area contributed by atoms with Crippen molar-refractivity contribution in [2.24, 2.45) is 0 Å². The zero-order valence-corrected chi connectivity index (χ0v) is 13.0. The molecule has 1 aromatic rings. The molecule has 116 valence electrons. The number of hydrogen-bond acceptors (Lipinski definition) is 6. The number of nitrogens with zero attached hydrogens (tertiary/aromatic N) is 3. The zero-order chi connectivity index (χ0) is 15.4. The minimum Gasteiger partial charge on any atom is -0.464 e. The molecule has 1 aliphatic heterocycles. The molecule has 6 heteroatoms. The van der Waals surface area contributed by atoms with Crippen molar-refractivity contribution in [2.45, 2.75) is 25.8 Å². The van der Waals surface area contributed by atoms with Gasteiger partial charge in [0.1, 0.15) is 0 Å². The number of aromatic nitrogens is 1. The van der Waals surface area contributed by atoms with Gasteiger partial charge in [0.25, 0.3) is 0 Å². The molecule has 1 aromatic heterocycles. The summed E-state index contributed by atoms with van der Waals surface area (Å²) in [5.74, 6) is 0.260. The van der Waals surface area contributed by atoms with Crippen LogP contribution in [0.25, 0.3) is 0 Å². The Kier molecular flexibility index (Phi) is 5.01. The Morgan fingerprint density at radius 3 is 2.90 bits per heavy atom. The van der Waals surface area contributed by atoms with E-state index < -0.39 is 5.97 Å². The molecule has 0 amide bonds. The van der Waals surface area contributed by atoms with Crippen LogP contribution < -0.4 is 10.6 Å². The van der Waals surface area contributed by atoms with E-state index >= 15 is 0 Å². The molecule has 0 saturated carbocycles. The number of rotatable bonds is 3. The molecule has 6 nitrogen and oxygen atoms in total. The molecule has 2 N–H and O–H groups in total. The smallest absolute Gasteiger partial charge is 0.356 e. The summed E-state index contributed by atoms with van der Waals surface area (Å²) < 4.78 is 4.74. The second-order valence-electron chi connectivity index (χ2n) is 5.47. The maximum Gasteiger partial charge on any atom is 0.356 e. The van der Waals surface area contributed by atoms with Crippen molar-refractivity contribution < 1.29 is 9.53 Å². The Morgan fingerprint density at radius 2 is 2.24 bits per heavy atom. The summed E-state index contributed by atoms with van der Waals surface area (Å²) in [4.78, 5) is 20.7. The summed E-state index contributed by atoms with van der Waals surface area (Å²) in [6.07, 6.45) is 2.06. The van der Waals surface area contributed by atoms with E-state index in [1.54, 1.807) is 12.1 Å². The number of nitrogen functional groups attached to an aromatic ring is 1. The number of carbonyl (C=O) groups is 1. The van der Waals surface area contributed by atoms with Crippen LogP contribution in [-0.2, 0) is 4.74 Å². The van der Waals surface area contributed by atoms with Gasteiger partial charge in [0.15, 0.2) is 11.5 Å². The van der Waals surface area contributed by atoms with Crippen LogP contribution in [0.4, 0.5) is 11.5 Å². The summed E-state index contributed by atoms with van der Waals surface area (Å²) in [7, 11) is 3.49. The van der Waals surface area contributed by atoms with Gasteiger partial charge in [0.05, 0.1) is 12.8 Å². The Bertz CT molecular complexity index is 506. The molecule has 2 rings (SSSR count). The van der Waals surface area contributed by atoms with Gasteiger partial charge in [-0.15, -0.1) is 0 Å². The lowest BCUT2D eigenvalue weighted by Gasteiger charge is -2.32. The van der Waals surface area contributed by atoms with E-state index in [0.29, 0.717) is 23.2 Å². The van der Waals surface area contributed by atoms with Gasteiger partial charge in [-0.3, -0.25) is 0 Å². The van der Waals surface area contributed by atoms with Crippen molar-refractivity contribution in [1.82, 2.24) is 9.88 Å². The number of methoxy groups -OCH3 is 1. The summed E-state index contributed by atoms with van der Waals surface area (Å²) >= 11 is 0. The van der Waals surface area contributed by atoms with Crippen LogP contribution in [0.5, 0.6) is 0 Å². The first-order valence-electron chi connectivity index (χ1n) is 7.36. The Hall–Kier alpha value is -1.82. The lowest BCUT2D eigenvalue weighted by Crippen LogP contribution is -2.40. The first kappa shape index (κ1) is 15.6. The molecule has 1 saturated heterocycles. The normalized spacial score (nSPS) is 20.1. The lowest BCUT2D eigenvalue weighted by molar-refractivity contribution is 0.0594. The molecule has 1 aliphatic rings. The topological polar surface area (TPSA) is 71.7 Å². The van der Waals surface area contributed by atoms with Gasteiger partial charge in [0.2, 0.25) is 0 Å². The maximum atomic E-state index is 11.7. The van der Waals surface area contributed by atoms with Crippen molar-refractivity contribution in [3.63, 3.8) is 0 Å². The predicted molar refractivity (Wildman–Crippen MR) is 83.5 cm³/mol. The number of anilines is 2. The fourth-order valence-electron chi connectivity index (χ4n) is 2.78. The average Bonchev–Trinajstić information content (AvgIpc) is 2.68. The second kappa shape index (κ2) is 6.76. The standard InChI is InChI=1S/C15H24N4O2/c1-4-11-10-18(2)8-5-9-19(11)14-12(16)6-7-13(17-14)15(20)21-3/h6-7,11H,4-5,8-10,16H2,1-3H3.